The fourth-order valence-corrected chi connectivity index (χ4v) is 4.01. The first-order valence-corrected chi connectivity index (χ1v) is 9.47. The van der Waals surface area contributed by atoms with E-state index in [1.807, 2.05) is 9.80 Å². The van der Waals surface area contributed by atoms with Gasteiger partial charge in [-0.05, 0) is 49.8 Å². The number of piperidine rings is 1. The Hall–Kier alpha value is -1.75. The summed E-state index contributed by atoms with van der Waals surface area (Å²) in [5.41, 5.74) is 0.812. The molecule has 2 aliphatic heterocycles. The SMILES string of the molecule is O=C1CCCN1CC[C@@H]1CCCCN1C(=O)Cc1ccc(O)c(Cl)c1. The normalized spacial score (nSPS) is 21.0. The minimum atomic E-state index is 0.0315. The van der Waals surface area contributed by atoms with Gasteiger partial charge in [0, 0.05) is 32.1 Å². The summed E-state index contributed by atoms with van der Waals surface area (Å²) in [5, 5.41) is 9.78. The molecule has 0 saturated carbocycles. The van der Waals surface area contributed by atoms with Gasteiger partial charge in [-0.1, -0.05) is 17.7 Å². The molecule has 5 nitrogen and oxygen atoms in total. The van der Waals surface area contributed by atoms with Gasteiger partial charge in [0.05, 0.1) is 11.4 Å². The smallest absolute Gasteiger partial charge is 0.227 e. The van der Waals surface area contributed by atoms with E-state index in [-0.39, 0.29) is 28.6 Å². The molecule has 2 fully saturated rings. The van der Waals surface area contributed by atoms with E-state index in [9.17, 15) is 14.7 Å². The number of benzene rings is 1. The van der Waals surface area contributed by atoms with Crippen LogP contribution in [0.5, 0.6) is 5.75 Å². The van der Waals surface area contributed by atoms with Crippen molar-refractivity contribution in [1.29, 1.82) is 0 Å². The van der Waals surface area contributed by atoms with Crippen LogP contribution in [0.25, 0.3) is 0 Å². The molecular formula is C19H25ClN2O3. The Labute approximate surface area is 153 Å². The van der Waals surface area contributed by atoms with Crippen LogP contribution in [-0.4, -0.2) is 52.4 Å². The first kappa shape index (κ1) is 18.1. The number of hydrogen-bond acceptors (Lipinski definition) is 3. The number of amides is 2. The number of phenolic OH excluding ortho intramolecular Hbond substituents is 1. The maximum Gasteiger partial charge on any atom is 0.227 e. The fraction of sp³-hybridized carbons (Fsp3) is 0.579. The number of hydrogen-bond donors (Lipinski definition) is 1. The lowest BCUT2D eigenvalue weighted by atomic mass is 9.98. The Kier molecular flexibility index (Phi) is 5.84. The van der Waals surface area contributed by atoms with Gasteiger partial charge >= 0.3 is 0 Å². The van der Waals surface area contributed by atoms with E-state index < -0.39 is 0 Å². The molecule has 2 saturated heterocycles. The highest BCUT2D eigenvalue weighted by molar-refractivity contribution is 6.32. The Bertz CT molecular complexity index is 650. The third-order valence-electron chi connectivity index (χ3n) is 5.22. The molecule has 1 atom stereocenters. The van der Waals surface area contributed by atoms with Crippen LogP contribution in [0, 0.1) is 0 Å². The molecule has 0 radical (unpaired) electrons. The highest BCUT2D eigenvalue weighted by atomic mass is 35.5. The van der Waals surface area contributed by atoms with Crippen molar-refractivity contribution < 1.29 is 14.7 Å². The number of rotatable bonds is 5. The number of carbonyl (C=O) groups excluding carboxylic acids is 2. The second-order valence-corrected chi connectivity index (χ2v) is 7.38. The van der Waals surface area contributed by atoms with Crippen molar-refractivity contribution in [1.82, 2.24) is 9.80 Å². The molecule has 0 spiro atoms. The Balaban J connectivity index is 1.60. The van der Waals surface area contributed by atoms with Crippen molar-refractivity contribution in [3.8, 4) is 5.75 Å². The van der Waals surface area contributed by atoms with Gasteiger partial charge in [0.2, 0.25) is 11.8 Å². The Morgan fingerprint density at radius 2 is 2.08 bits per heavy atom. The molecular weight excluding hydrogens is 340 g/mol. The van der Waals surface area contributed by atoms with E-state index >= 15 is 0 Å². The van der Waals surface area contributed by atoms with Crippen molar-refractivity contribution in [2.24, 2.45) is 0 Å². The molecule has 0 aliphatic carbocycles. The van der Waals surface area contributed by atoms with E-state index in [0.717, 1.165) is 57.3 Å². The van der Waals surface area contributed by atoms with Gasteiger partial charge in [-0.25, -0.2) is 0 Å². The number of halogens is 1. The van der Waals surface area contributed by atoms with Crippen molar-refractivity contribution in [2.75, 3.05) is 19.6 Å². The van der Waals surface area contributed by atoms with Gasteiger partial charge in [0.25, 0.3) is 0 Å². The van der Waals surface area contributed by atoms with Crippen LogP contribution in [0.3, 0.4) is 0 Å². The van der Waals surface area contributed by atoms with E-state index in [4.69, 9.17) is 11.6 Å². The average molecular weight is 365 g/mol. The molecule has 6 heteroatoms. The lowest BCUT2D eigenvalue weighted by molar-refractivity contribution is -0.134. The Morgan fingerprint density at radius 1 is 1.24 bits per heavy atom. The second-order valence-electron chi connectivity index (χ2n) is 6.97. The number of aromatic hydroxyl groups is 1. The van der Waals surface area contributed by atoms with Gasteiger partial charge in [-0.2, -0.15) is 0 Å². The predicted molar refractivity (Wildman–Crippen MR) is 96.6 cm³/mol. The highest BCUT2D eigenvalue weighted by Gasteiger charge is 2.28. The summed E-state index contributed by atoms with van der Waals surface area (Å²) < 4.78 is 0. The third-order valence-corrected chi connectivity index (χ3v) is 5.52. The van der Waals surface area contributed by atoms with Crippen LogP contribution in [-0.2, 0) is 16.0 Å². The summed E-state index contributed by atoms with van der Waals surface area (Å²) in [5.74, 6) is 0.371. The van der Waals surface area contributed by atoms with E-state index in [2.05, 4.69) is 0 Å². The summed E-state index contributed by atoms with van der Waals surface area (Å²) in [7, 11) is 0. The Morgan fingerprint density at radius 3 is 2.80 bits per heavy atom. The zero-order valence-corrected chi connectivity index (χ0v) is 15.2. The van der Waals surface area contributed by atoms with Crippen LogP contribution in [0.1, 0.15) is 44.1 Å². The number of likely N-dealkylation sites (tertiary alicyclic amines) is 2. The molecule has 25 heavy (non-hydrogen) atoms. The molecule has 0 unspecified atom stereocenters. The molecule has 2 amide bonds. The van der Waals surface area contributed by atoms with E-state index in [0.29, 0.717) is 12.8 Å². The van der Waals surface area contributed by atoms with Gasteiger partial charge in [-0.15, -0.1) is 0 Å². The van der Waals surface area contributed by atoms with Gasteiger partial charge in [0.15, 0.2) is 0 Å². The summed E-state index contributed by atoms with van der Waals surface area (Å²) in [4.78, 5) is 28.5. The molecule has 3 rings (SSSR count). The zero-order chi connectivity index (χ0) is 17.8. The molecule has 2 aliphatic rings. The maximum atomic E-state index is 12.8. The highest BCUT2D eigenvalue weighted by Crippen LogP contribution is 2.26. The van der Waals surface area contributed by atoms with Crippen molar-refractivity contribution in [3.63, 3.8) is 0 Å². The quantitative estimate of drug-likeness (QED) is 0.873. The van der Waals surface area contributed by atoms with Crippen LogP contribution >= 0.6 is 11.6 Å². The molecule has 2 heterocycles. The summed E-state index contributed by atoms with van der Waals surface area (Å²) >= 11 is 5.94. The standard InChI is InChI=1S/C19H25ClN2O3/c20-16-12-14(6-7-17(16)23)13-19(25)22-10-2-1-4-15(22)8-11-21-9-3-5-18(21)24/h6-7,12,15,23H,1-5,8-11,13H2/t15-/m0/s1. The van der Waals surface area contributed by atoms with Gasteiger partial charge < -0.3 is 14.9 Å². The van der Waals surface area contributed by atoms with Crippen LogP contribution in [0.15, 0.2) is 18.2 Å². The predicted octanol–water partition coefficient (Wildman–Crippen LogP) is 2.98. The zero-order valence-electron chi connectivity index (χ0n) is 14.4. The molecule has 0 bridgehead atoms. The van der Waals surface area contributed by atoms with Gasteiger partial charge in [-0.3, -0.25) is 9.59 Å². The topological polar surface area (TPSA) is 60.9 Å². The van der Waals surface area contributed by atoms with E-state index in [1.165, 1.54) is 6.07 Å². The van der Waals surface area contributed by atoms with Crippen molar-refractivity contribution in [2.45, 2.75) is 51.0 Å². The van der Waals surface area contributed by atoms with Crippen LogP contribution in [0.2, 0.25) is 5.02 Å². The largest absolute Gasteiger partial charge is 0.506 e. The van der Waals surface area contributed by atoms with Gasteiger partial charge in [0.1, 0.15) is 5.75 Å². The monoisotopic (exact) mass is 364 g/mol. The maximum absolute atomic E-state index is 12.8. The fourth-order valence-electron chi connectivity index (χ4n) is 3.81. The minimum absolute atomic E-state index is 0.0315. The summed E-state index contributed by atoms with van der Waals surface area (Å²) in [6.45, 7) is 2.38. The lowest BCUT2D eigenvalue weighted by Crippen LogP contribution is -2.46. The lowest BCUT2D eigenvalue weighted by Gasteiger charge is -2.37. The molecule has 1 aromatic rings. The number of nitrogens with zero attached hydrogens (tertiary/aromatic N) is 2. The summed E-state index contributed by atoms with van der Waals surface area (Å²) in [6.07, 6.45) is 5.92. The van der Waals surface area contributed by atoms with E-state index in [1.54, 1.807) is 12.1 Å². The number of phenols is 1. The van der Waals surface area contributed by atoms with Crippen LogP contribution < -0.4 is 0 Å². The number of carbonyl (C=O) groups is 2. The van der Waals surface area contributed by atoms with Crippen molar-refractivity contribution in [3.05, 3.63) is 28.8 Å². The first-order valence-electron chi connectivity index (χ1n) is 9.09. The third kappa shape index (κ3) is 4.46. The first-order chi connectivity index (χ1) is 12.0. The molecule has 0 aromatic heterocycles. The second kappa shape index (κ2) is 8.09. The minimum Gasteiger partial charge on any atom is -0.506 e. The van der Waals surface area contributed by atoms with Crippen LogP contribution in [0.4, 0.5) is 0 Å². The molecule has 1 N–H and O–H groups in total. The van der Waals surface area contributed by atoms with Crippen molar-refractivity contribution >= 4 is 23.4 Å². The molecule has 1 aromatic carbocycles. The summed E-state index contributed by atoms with van der Waals surface area (Å²) in [6, 6.07) is 5.12. The molecule has 136 valence electrons. The average Bonchev–Trinajstić information content (AvgIpc) is 3.01.